The Kier molecular flexibility index (Phi) is 6.24. The van der Waals surface area contributed by atoms with Crippen molar-refractivity contribution in [1.29, 1.82) is 0 Å². The summed E-state index contributed by atoms with van der Waals surface area (Å²) in [6.07, 6.45) is 3.43. The number of anilines is 2. The third-order valence-corrected chi connectivity index (χ3v) is 8.50. The molecule has 6 rings (SSSR count). The third-order valence-electron chi connectivity index (χ3n) is 6.75. The second kappa shape index (κ2) is 9.73. The van der Waals surface area contributed by atoms with Gasteiger partial charge in [-0.25, -0.2) is 18.4 Å². The molecule has 1 amide bonds. The molecule has 4 aromatic rings. The lowest BCUT2D eigenvalue weighted by Gasteiger charge is -2.29. The normalized spacial score (nSPS) is 16.4. The van der Waals surface area contributed by atoms with Crippen LogP contribution in [0.4, 0.5) is 16.0 Å². The molecule has 1 aromatic carbocycles. The molecule has 1 N–H and O–H groups in total. The maximum atomic E-state index is 13.9. The molecule has 2 aliphatic rings. The third kappa shape index (κ3) is 4.70. The number of halogens is 1. The number of pyridine rings is 3. The highest BCUT2D eigenvalue weighted by Gasteiger charge is 2.24. The summed E-state index contributed by atoms with van der Waals surface area (Å²) in [5.41, 5.74) is 3.05. The Labute approximate surface area is 218 Å². The smallest absolute Gasteiger partial charge is 0.251 e. The first-order valence-electron chi connectivity index (χ1n) is 12.3. The molecule has 38 heavy (non-hydrogen) atoms. The molecule has 5 heterocycles. The molecular formula is C27H24FN5O4S. The fourth-order valence-corrected chi connectivity index (χ4v) is 6.16. The lowest BCUT2D eigenvalue weighted by Crippen LogP contribution is -2.26. The van der Waals surface area contributed by atoms with Gasteiger partial charge in [0.25, 0.3) is 5.91 Å². The zero-order valence-electron chi connectivity index (χ0n) is 20.4. The molecule has 194 valence electrons. The van der Waals surface area contributed by atoms with E-state index in [2.05, 4.69) is 15.3 Å². The number of benzene rings is 1. The number of nitrogens with one attached hydrogen (secondary N) is 1. The molecule has 9 nitrogen and oxygen atoms in total. The van der Waals surface area contributed by atoms with Crippen LogP contribution in [0, 0.1) is 5.95 Å². The van der Waals surface area contributed by atoms with Gasteiger partial charge in [0.15, 0.2) is 9.84 Å². The van der Waals surface area contributed by atoms with E-state index in [0.717, 1.165) is 23.8 Å². The van der Waals surface area contributed by atoms with E-state index in [1.807, 2.05) is 17.0 Å². The van der Waals surface area contributed by atoms with Crippen LogP contribution in [0.1, 0.15) is 33.6 Å². The summed E-state index contributed by atoms with van der Waals surface area (Å²) >= 11 is 0. The van der Waals surface area contributed by atoms with Crippen molar-refractivity contribution in [3.63, 3.8) is 0 Å². The minimum absolute atomic E-state index is 0.116. The first-order valence-corrected chi connectivity index (χ1v) is 13.9. The van der Waals surface area contributed by atoms with E-state index in [-0.39, 0.29) is 36.0 Å². The van der Waals surface area contributed by atoms with Crippen LogP contribution in [-0.2, 0) is 34.1 Å². The van der Waals surface area contributed by atoms with Gasteiger partial charge in [0, 0.05) is 23.7 Å². The van der Waals surface area contributed by atoms with Gasteiger partial charge in [-0.05, 0) is 60.4 Å². The summed E-state index contributed by atoms with van der Waals surface area (Å²) in [6.45, 7) is 1.13. The van der Waals surface area contributed by atoms with Gasteiger partial charge in [0.2, 0.25) is 5.95 Å². The number of sulfone groups is 1. The standard InChI is InChI=1S/C27H24FN5O4S/c28-24-7-5-17-2-1-9-33(26(17)32-24)25-8-6-19-14-29-21(13-22(19)31-25)15-30-27(34)18-3-4-20-16-37-10-11-38(35,36)23(20)12-18/h3-8,12-14H,1-2,9-11,15-16H2,(H,30,34). The van der Waals surface area contributed by atoms with Crippen molar-refractivity contribution >= 4 is 38.3 Å². The van der Waals surface area contributed by atoms with Crippen LogP contribution in [0.15, 0.2) is 59.6 Å². The van der Waals surface area contributed by atoms with Crippen molar-refractivity contribution in [1.82, 2.24) is 20.3 Å². The van der Waals surface area contributed by atoms with Gasteiger partial charge >= 0.3 is 0 Å². The van der Waals surface area contributed by atoms with Crippen molar-refractivity contribution in [2.75, 3.05) is 23.8 Å². The highest BCUT2D eigenvalue weighted by atomic mass is 32.2. The largest absolute Gasteiger partial charge is 0.376 e. The van der Waals surface area contributed by atoms with Crippen LogP contribution < -0.4 is 10.2 Å². The number of aryl methyl sites for hydroxylation is 1. The Morgan fingerprint density at radius 2 is 1.95 bits per heavy atom. The van der Waals surface area contributed by atoms with Crippen LogP contribution in [0.3, 0.4) is 0 Å². The number of rotatable bonds is 4. The number of amides is 1. The first kappa shape index (κ1) is 24.4. The van der Waals surface area contributed by atoms with Crippen LogP contribution in [0.2, 0.25) is 0 Å². The summed E-state index contributed by atoms with van der Waals surface area (Å²) in [6, 6.07) is 13.3. The quantitative estimate of drug-likeness (QED) is 0.397. The van der Waals surface area contributed by atoms with Crippen LogP contribution >= 0.6 is 0 Å². The maximum Gasteiger partial charge on any atom is 0.251 e. The van der Waals surface area contributed by atoms with E-state index >= 15 is 0 Å². The zero-order chi connectivity index (χ0) is 26.3. The molecule has 0 bridgehead atoms. The Morgan fingerprint density at radius 1 is 1.08 bits per heavy atom. The van der Waals surface area contributed by atoms with Gasteiger partial charge in [-0.2, -0.15) is 4.39 Å². The van der Waals surface area contributed by atoms with Gasteiger partial charge in [-0.3, -0.25) is 9.78 Å². The van der Waals surface area contributed by atoms with Gasteiger partial charge in [-0.1, -0.05) is 12.1 Å². The number of fused-ring (bicyclic) bond motifs is 3. The molecule has 0 saturated carbocycles. The van der Waals surface area contributed by atoms with Gasteiger partial charge in [0.05, 0.1) is 41.6 Å². The zero-order valence-corrected chi connectivity index (χ0v) is 21.2. The minimum Gasteiger partial charge on any atom is -0.376 e. The maximum absolute atomic E-state index is 13.9. The molecule has 0 atom stereocenters. The first-order chi connectivity index (χ1) is 18.4. The number of nitrogens with zero attached hydrogens (tertiary/aromatic N) is 4. The lowest BCUT2D eigenvalue weighted by molar-refractivity contribution is 0.0950. The van der Waals surface area contributed by atoms with Gasteiger partial charge < -0.3 is 15.0 Å². The molecule has 3 aromatic heterocycles. The number of hydrogen-bond acceptors (Lipinski definition) is 8. The predicted molar refractivity (Wildman–Crippen MR) is 138 cm³/mol. The van der Waals surface area contributed by atoms with Crippen LogP contribution in [0.5, 0.6) is 0 Å². The summed E-state index contributed by atoms with van der Waals surface area (Å²) < 4.78 is 44.3. The van der Waals surface area contributed by atoms with Crippen molar-refractivity contribution in [2.24, 2.45) is 0 Å². The van der Waals surface area contributed by atoms with Crippen LogP contribution in [-0.4, -0.2) is 48.2 Å². The van der Waals surface area contributed by atoms with Crippen molar-refractivity contribution in [2.45, 2.75) is 30.9 Å². The number of aromatic nitrogens is 3. The summed E-state index contributed by atoms with van der Waals surface area (Å²) in [4.78, 5) is 28.2. The molecular weight excluding hydrogens is 509 g/mol. The molecule has 0 unspecified atom stereocenters. The highest BCUT2D eigenvalue weighted by Crippen LogP contribution is 2.32. The molecule has 2 aliphatic heterocycles. The van der Waals surface area contributed by atoms with E-state index in [0.29, 0.717) is 35.0 Å². The Balaban J connectivity index is 1.22. The van der Waals surface area contributed by atoms with Gasteiger partial charge in [0.1, 0.15) is 11.6 Å². The molecule has 0 spiro atoms. The Morgan fingerprint density at radius 3 is 2.84 bits per heavy atom. The minimum atomic E-state index is -3.52. The van der Waals surface area contributed by atoms with Crippen molar-refractivity contribution in [3.05, 3.63) is 83.1 Å². The second-order valence-electron chi connectivity index (χ2n) is 9.29. The SMILES string of the molecule is O=C(NCc1cc2nc(N3CCCc4ccc(F)nc43)ccc2cn1)c1ccc2c(c1)S(=O)(=O)CCOC2. The van der Waals surface area contributed by atoms with E-state index in [4.69, 9.17) is 9.72 Å². The average molecular weight is 534 g/mol. The number of carbonyl (C=O) groups is 1. The number of hydrogen-bond donors (Lipinski definition) is 1. The topological polar surface area (TPSA) is 114 Å². The van der Waals surface area contributed by atoms with Gasteiger partial charge in [-0.15, -0.1) is 0 Å². The highest BCUT2D eigenvalue weighted by molar-refractivity contribution is 7.91. The van der Waals surface area contributed by atoms with Crippen molar-refractivity contribution in [3.8, 4) is 0 Å². The predicted octanol–water partition coefficient (Wildman–Crippen LogP) is 3.48. The van der Waals surface area contributed by atoms with E-state index in [9.17, 15) is 17.6 Å². The summed E-state index contributed by atoms with van der Waals surface area (Å²) in [5.74, 6) is 0.190. The Hall–Kier alpha value is -3.96. The fourth-order valence-electron chi connectivity index (χ4n) is 4.77. The summed E-state index contributed by atoms with van der Waals surface area (Å²) in [7, 11) is -3.52. The second-order valence-corrected chi connectivity index (χ2v) is 11.4. The average Bonchev–Trinajstić information content (AvgIpc) is 3.08. The molecule has 0 aliphatic carbocycles. The number of ether oxygens (including phenoxy) is 1. The fraction of sp³-hybridized carbons (Fsp3) is 0.259. The summed E-state index contributed by atoms with van der Waals surface area (Å²) in [5, 5.41) is 3.63. The Bertz CT molecular complexity index is 1680. The lowest BCUT2D eigenvalue weighted by atomic mass is 10.1. The molecule has 0 saturated heterocycles. The van der Waals surface area contributed by atoms with Crippen molar-refractivity contribution < 1.29 is 22.3 Å². The molecule has 0 fully saturated rings. The molecule has 11 heteroatoms. The monoisotopic (exact) mass is 533 g/mol. The number of carbonyl (C=O) groups excluding carboxylic acids is 1. The van der Waals surface area contributed by atoms with E-state index in [1.165, 1.54) is 12.1 Å². The molecule has 0 radical (unpaired) electrons. The van der Waals surface area contributed by atoms with E-state index in [1.54, 1.807) is 30.5 Å². The van der Waals surface area contributed by atoms with E-state index < -0.39 is 21.7 Å². The van der Waals surface area contributed by atoms with Crippen LogP contribution in [0.25, 0.3) is 10.9 Å².